The highest BCUT2D eigenvalue weighted by Gasteiger charge is 2.15. The molecule has 1 atom stereocenters. The van der Waals surface area contributed by atoms with Crippen LogP contribution >= 0.6 is 31.5 Å². The van der Waals surface area contributed by atoms with Crippen molar-refractivity contribution in [3.05, 3.63) is 40.9 Å². The minimum absolute atomic E-state index is 0.226. The molecule has 4 nitrogen and oxygen atoms in total. The van der Waals surface area contributed by atoms with Crippen molar-refractivity contribution >= 4 is 58.3 Å². The molecule has 20 heavy (non-hydrogen) atoms. The molecule has 0 aliphatic rings. The first-order valence-corrected chi connectivity index (χ1v) is 7.89. The molecule has 1 heterocycles. The molecule has 104 valence electrons. The number of nitrogens with two attached hydrogens (primary N) is 1. The lowest BCUT2D eigenvalue weighted by Crippen LogP contribution is -2.14. The summed E-state index contributed by atoms with van der Waals surface area (Å²) >= 11 is 7.20. The predicted octanol–water partition coefficient (Wildman–Crippen LogP) is 2.09. The molecule has 0 saturated carbocycles. The molecule has 3 N–H and O–H groups in total. The summed E-state index contributed by atoms with van der Waals surface area (Å²) in [7, 11) is 0.380. The number of carbonyl (C=O) groups excluding carboxylic acids is 2. The zero-order chi connectivity index (χ0) is 14.7. The van der Waals surface area contributed by atoms with Crippen molar-refractivity contribution in [1.29, 1.82) is 0 Å². The first kappa shape index (κ1) is 15.0. The van der Waals surface area contributed by atoms with E-state index in [-0.39, 0.29) is 5.91 Å². The van der Waals surface area contributed by atoms with Crippen LogP contribution in [0.1, 0.15) is 17.3 Å². The molecule has 0 aliphatic carbocycles. The smallest absolute Gasteiger partial charge is 0.251 e. The van der Waals surface area contributed by atoms with E-state index in [2.05, 4.69) is 5.32 Å². The number of hydrogen-bond acceptors (Lipinski definition) is 3. The molecule has 0 fully saturated rings. The second kappa shape index (κ2) is 6.35. The number of anilines is 1. The van der Waals surface area contributed by atoms with Gasteiger partial charge in [0.1, 0.15) is 5.00 Å². The van der Waals surface area contributed by atoms with Crippen LogP contribution in [0.2, 0.25) is 5.02 Å². The highest BCUT2D eigenvalue weighted by Crippen LogP contribution is 2.27. The molecule has 0 saturated heterocycles. The average molecular weight is 327 g/mol. The Kier molecular flexibility index (Phi) is 4.76. The Labute approximate surface area is 127 Å². The third-order valence-electron chi connectivity index (χ3n) is 2.40. The van der Waals surface area contributed by atoms with Crippen LogP contribution in [0.4, 0.5) is 5.00 Å². The standard InChI is InChI=1S/C13H12ClN2O2PS/c1-7(17)16-13-10(12(15)18)6-11(20-13)19-9-4-2-8(14)3-5-9/h2-6,19H,1H3,(H2,15,18)(H,16,17). The molecule has 2 amide bonds. The van der Waals surface area contributed by atoms with Crippen molar-refractivity contribution in [1.82, 2.24) is 0 Å². The Morgan fingerprint density at radius 2 is 1.95 bits per heavy atom. The lowest BCUT2D eigenvalue weighted by atomic mass is 10.3. The zero-order valence-electron chi connectivity index (χ0n) is 10.6. The second-order valence-corrected chi connectivity index (χ2v) is 7.25. The van der Waals surface area contributed by atoms with Crippen LogP contribution in [0, 0.1) is 0 Å². The van der Waals surface area contributed by atoms with Crippen molar-refractivity contribution in [2.24, 2.45) is 5.73 Å². The van der Waals surface area contributed by atoms with Crippen molar-refractivity contribution in [2.75, 3.05) is 5.32 Å². The summed E-state index contributed by atoms with van der Waals surface area (Å²) in [6.45, 7) is 1.39. The quantitative estimate of drug-likeness (QED) is 0.844. The van der Waals surface area contributed by atoms with Crippen molar-refractivity contribution in [2.45, 2.75) is 6.92 Å². The number of carbonyl (C=O) groups is 2. The third kappa shape index (κ3) is 3.79. The van der Waals surface area contributed by atoms with Gasteiger partial charge in [0.05, 0.1) is 5.56 Å². The molecule has 0 radical (unpaired) electrons. The molecule has 1 unspecified atom stereocenters. The average Bonchev–Trinajstić information content (AvgIpc) is 2.74. The number of amides is 2. The van der Waals surface area contributed by atoms with Crippen LogP contribution < -0.4 is 21.0 Å². The van der Waals surface area contributed by atoms with Gasteiger partial charge in [0.2, 0.25) is 5.91 Å². The van der Waals surface area contributed by atoms with E-state index in [9.17, 15) is 9.59 Å². The Hall–Kier alpha value is -1.42. The topological polar surface area (TPSA) is 72.2 Å². The lowest BCUT2D eigenvalue weighted by molar-refractivity contribution is -0.114. The van der Waals surface area contributed by atoms with Gasteiger partial charge < -0.3 is 11.1 Å². The molecular formula is C13H12ClN2O2PS. The Bertz CT molecular complexity index is 655. The van der Waals surface area contributed by atoms with E-state index >= 15 is 0 Å². The maximum absolute atomic E-state index is 11.4. The predicted molar refractivity (Wildman–Crippen MR) is 86.2 cm³/mol. The maximum atomic E-state index is 11.4. The van der Waals surface area contributed by atoms with E-state index < -0.39 is 5.91 Å². The van der Waals surface area contributed by atoms with E-state index in [4.69, 9.17) is 17.3 Å². The molecular weight excluding hydrogens is 315 g/mol. The van der Waals surface area contributed by atoms with Gasteiger partial charge in [0.25, 0.3) is 5.91 Å². The van der Waals surface area contributed by atoms with Gasteiger partial charge in [0.15, 0.2) is 0 Å². The van der Waals surface area contributed by atoms with E-state index in [0.717, 1.165) is 9.92 Å². The molecule has 0 bridgehead atoms. The summed E-state index contributed by atoms with van der Waals surface area (Å²) in [4.78, 5) is 22.5. The number of nitrogens with one attached hydrogen (secondary N) is 1. The summed E-state index contributed by atoms with van der Waals surface area (Å²) in [6.07, 6.45) is 0. The van der Waals surface area contributed by atoms with Gasteiger partial charge in [-0.05, 0) is 32.1 Å². The molecule has 2 rings (SSSR count). The Balaban J connectivity index is 2.26. The van der Waals surface area contributed by atoms with Crippen LogP contribution in [0.5, 0.6) is 0 Å². The first-order chi connectivity index (χ1) is 9.45. The fraction of sp³-hybridized carbons (Fsp3) is 0.0769. The number of benzene rings is 1. The minimum atomic E-state index is -0.544. The number of rotatable bonds is 4. The van der Waals surface area contributed by atoms with E-state index in [0.29, 0.717) is 24.2 Å². The van der Waals surface area contributed by atoms with Gasteiger partial charge >= 0.3 is 0 Å². The highest BCUT2D eigenvalue weighted by molar-refractivity contribution is 7.63. The minimum Gasteiger partial charge on any atom is -0.366 e. The zero-order valence-corrected chi connectivity index (χ0v) is 13.1. The van der Waals surface area contributed by atoms with Crippen LogP contribution in [0.15, 0.2) is 30.3 Å². The SMILES string of the molecule is CC(=O)Nc1sc(Pc2ccc(Cl)cc2)cc1C(N)=O. The summed E-state index contributed by atoms with van der Waals surface area (Å²) in [5.41, 5.74) is 5.67. The third-order valence-corrected chi connectivity index (χ3v) is 5.14. The Morgan fingerprint density at radius 3 is 2.50 bits per heavy atom. The van der Waals surface area contributed by atoms with Crippen LogP contribution in [-0.4, -0.2) is 11.8 Å². The molecule has 0 aliphatic heterocycles. The van der Waals surface area contributed by atoms with Crippen molar-refractivity contribution in [3.8, 4) is 0 Å². The Morgan fingerprint density at radius 1 is 1.30 bits per heavy atom. The number of primary amides is 1. The van der Waals surface area contributed by atoms with E-state index in [1.165, 1.54) is 18.3 Å². The summed E-state index contributed by atoms with van der Waals surface area (Å²) < 4.78 is 0.977. The van der Waals surface area contributed by atoms with Gasteiger partial charge in [-0.25, -0.2) is 0 Å². The van der Waals surface area contributed by atoms with Crippen LogP contribution in [0.25, 0.3) is 0 Å². The maximum Gasteiger partial charge on any atom is 0.251 e. The highest BCUT2D eigenvalue weighted by atomic mass is 35.5. The first-order valence-electron chi connectivity index (χ1n) is 5.69. The van der Waals surface area contributed by atoms with Gasteiger partial charge in [-0.2, -0.15) is 0 Å². The van der Waals surface area contributed by atoms with Gasteiger partial charge in [-0.1, -0.05) is 23.7 Å². The van der Waals surface area contributed by atoms with Gasteiger partial charge in [-0.15, -0.1) is 11.3 Å². The summed E-state index contributed by atoms with van der Waals surface area (Å²) in [5, 5.41) is 4.91. The van der Waals surface area contributed by atoms with Crippen molar-refractivity contribution < 1.29 is 9.59 Å². The monoisotopic (exact) mass is 326 g/mol. The number of thiophene rings is 1. The molecule has 7 heteroatoms. The summed E-state index contributed by atoms with van der Waals surface area (Å²) in [5.74, 6) is -0.770. The van der Waals surface area contributed by atoms with Crippen LogP contribution in [-0.2, 0) is 4.79 Å². The second-order valence-electron chi connectivity index (χ2n) is 4.03. The van der Waals surface area contributed by atoms with Gasteiger partial charge in [-0.3, -0.25) is 9.59 Å². The largest absolute Gasteiger partial charge is 0.366 e. The lowest BCUT2D eigenvalue weighted by Gasteiger charge is -1.99. The van der Waals surface area contributed by atoms with Crippen LogP contribution in [0.3, 0.4) is 0 Å². The summed E-state index contributed by atoms with van der Waals surface area (Å²) in [6, 6.07) is 9.23. The number of hydrogen-bond donors (Lipinski definition) is 2. The van der Waals surface area contributed by atoms with E-state index in [1.54, 1.807) is 6.07 Å². The molecule has 2 aromatic rings. The fourth-order valence-electron chi connectivity index (χ4n) is 1.56. The van der Waals surface area contributed by atoms with E-state index in [1.807, 2.05) is 24.3 Å². The van der Waals surface area contributed by atoms with Crippen molar-refractivity contribution in [3.63, 3.8) is 0 Å². The molecule has 1 aromatic carbocycles. The molecule has 0 spiro atoms. The number of halogens is 1. The van der Waals surface area contributed by atoms with Gasteiger partial charge in [0, 0.05) is 16.6 Å². The fourth-order valence-corrected chi connectivity index (χ4v) is 4.25. The molecule has 1 aromatic heterocycles. The normalized spacial score (nSPS) is 10.9.